The number of nitrogens with one attached hydrogen (secondary N) is 2. The first-order chi connectivity index (χ1) is 10.8. The molecule has 0 saturated carbocycles. The number of anilines is 1. The highest BCUT2D eigenvalue weighted by atomic mass is 32.2. The van der Waals surface area contributed by atoms with Gasteiger partial charge in [-0.05, 0) is 6.42 Å². The Bertz CT molecular complexity index is 620. The molecule has 0 bridgehead atoms. The summed E-state index contributed by atoms with van der Waals surface area (Å²) in [5, 5.41) is 5.21. The number of hydrogen-bond donors (Lipinski definition) is 2. The largest absolute Gasteiger partial charge is 0.493 e. The van der Waals surface area contributed by atoms with Crippen molar-refractivity contribution in [1.29, 1.82) is 0 Å². The van der Waals surface area contributed by atoms with Gasteiger partial charge in [0.25, 0.3) is 0 Å². The van der Waals surface area contributed by atoms with Gasteiger partial charge in [0, 0.05) is 24.9 Å². The van der Waals surface area contributed by atoms with E-state index in [9.17, 15) is 13.2 Å². The van der Waals surface area contributed by atoms with Crippen LogP contribution in [0.4, 0.5) is 10.5 Å². The van der Waals surface area contributed by atoms with E-state index in [4.69, 9.17) is 14.2 Å². The minimum Gasteiger partial charge on any atom is -0.493 e. The van der Waals surface area contributed by atoms with E-state index in [-0.39, 0.29) is 12.3 Å². The van der Waals surface area contributed by atoms with Crippen LogP contribution in [-0.2, 0) is 9.84 Å². The van der Waals surface area contributed by atoms with Crippen molar-refractivity contribution < 1.29 is 27.4 Å². The summed E-state index contributed by atoms with van der Waals surface area (Å²) in [7, 11) is 1.42. The van der Waals surface area contributed by atoms with Crippen molar-refractivity contribution in [3.05, 3.63) is 12.1 Å². The number of carbonyl (C=O) groups excluding carboxylic acids is 1. The molecule has 1 rings (SSSR count). The molecule has 8 nitrogen and oxygen atoms in total. The first kappa shape index (κ1) is 18.9. The molecule has 0 fully saturated rings. The Morgan fingerprint density at radius 3 is 2.09 bits per heavy atom. The number of amides is 2. The SMILES string of the molecule is COc1cc(NC(=O)NCCCS(C)(=O)=O)cc(OC)c1OC. The maximum Gasteiger partial charge on any atom is 0.319 e. The van der Waals surface area contributed by atoms with Crippen LogP contribution < -0.4 is 24.8 Å². The van der Waals surface area contributed by atoms with E-state index in [1.54, 1.807) is 12.1 Å². The van der Waals surface area contributed by atoms with Gasteiger partial charge in [0.1, 0.15) is 9.84 Å². The fourth-order valence-electron chi connectivity index (χ4n) is 1.86. The third-order valence-corrected chi connectivity index (χ3v) is 3.93. The second-order valence-electron chi connectivity index (χ2n) is 4.78. The highest BCUT2D eigenvalue weighted by Gasteiger charge is 2.14. The Labute approximate surface area is 136 Å². The number of benzene rings is 1. The summed E-state index contributed by atoms with van der Waals surface area (Å²) in [5.41, 5.74) is 0.458. The Hall–Kier alpha value is -2.16. The molecule has 9 heteroatoms. The molecule has 0 heterocycles. The van der Waals surface area contributed by atoms with Gasteiger partial charge in [-0.1, -0.05) is 0 Å². The highest BCUT2D eigenvalue weighted by Crippen LogP contribution is 2.39. The minimum atomic E-state index is -3.03. The molecule has 1 aromatic carbocycles. The number of sulfone groups is 1. The van der Waals surface area contributed by atoms with Gasteiger partial charge >= 0.3 is 6.03 Å². The average Bonchev–Trinajstić information content (AvgIpc) is 2.49. The van der Waals surface area contributed by atoms with Gasteiger partial charge in [-0.3, -0.25) is 0 Å². The Morgan fingerprint density at radius 2 is 1.65 bits per heavy atom. The van der Waals surface area contributed by atoms with E-state index in [1.165, 1.54) is 21.3 Å². The van der Waals surface area contributed by atoms with E-state index >= 15 is 0 Å². The maximum absolute atomic E-state index is 11.8. The molecule has 130 valence electrons. The topological polar surface area (TPSA) is 103 Å². The summed E-state index contributed by atoms with van der Waals surface area (Å²) in [6.45, 7) is 0.253. The van der Waals surface area contributed by atoms with E-state index < -0.39 is 15.9 Å². The molecule has 0 unspecified atom stereocenters. The molecule has 0 aliphatic rings. The van der Waals surface area contributed by atoms with Crippen LogP contribution in [0.2, 0.25) is 0 Å². The molecule has 23 heavy (non-hydrogen) atoms. The molecule has 0 aromatic heterocycles. The molecule has 0 aliphatic carbocycles. The Balaban J connectivity index is 2.67. The molecule has 2 N–H and O–H groups in total. The lowest BCUT2D eigenvalue weighted by Crippen LogP contribution is -2.30. The lowest BCUT2D eigenvalue weighted by Gasteiger charge is -2.14. The number of methoxy groups -OCH3 is 3. The van der Waals surface area contributed by atoms with Gasteiger partial charge in [-0.2, -0.15) is 0 Å². The van der Waals surface area contributed by atoms with Crippen molar-refractivity contribution in [2.45, 2.75) is 6.42 Å². The van der Waals surface area contributed by atoms with Crippen molar-refractivity contribution in [2.24, 2.45) is 0 Å². The normalized spacial score (nSPS) is 10.8. The number of ether oxygens (including phenoxy) is 3. The molecule has 0 aliphatic heterocycles. The predicted octanol–water partition coefficient (Wildman–Crippen LogP) is 1.27. The number of hydrogen-bond acceptors (Lipinski definition) is 6. The molecule has 0 radical (unpaired) electrons. The van der Waals surface area contributed by atoms with Crippen molar-refractivity contribution >= 4 is 21.6 Å². The monoisotopic (exact) mass is 346 g/mol. The lowest BCUT2D eigenvalue weighted by atomic mass is 10.2. The van der Waals surface area contributed by atoms with Gasteiger partial charge in [0.05, 0.1) is 32.8 Å². The fourth-order valence-corrected chi connectivity index (χ4v) is 2.53. The van der Waals surface area contributed by atoms with Crippen LogP contribution >= 0.6 is 0 Å². The average molecular weight is 346 g/mol. The van der Waals surface area contributed by atoms with Crippen LogP contribution in [-0.4, -0.2) is 54.3 Å². The molecule has 0 spiro atoms. The van der Waals surface area contributed by atoms with E-state index in [0.29, 0.717) is 29.4 Å². The standard InChI is InChI=1S/C14H22N2O6S/c1-20-11-8-10(9-12(21-2)13(11)22-3)16-14(17)15-6-5-7-23(4,18)19/h8-9H,5-7H2,1-4H3,(H2,15,16,17). The highest BCUT2D eigenvalue weighted by molar-refractivity contribution is 7.90. The van der Waals surface area contributed by atoms with Gasteiger partial charge < -0.3 is 24.8 Å². The van der Waals surface area contributed by atoms with Crippen molar-refractivity contribution in [3.63, 3.8) is 0 Å². The quantitative estimate of drug-likeness (QED) is 0.687. The summed E-state index contributed by atoms with van der Waals surface area (Å²) in [5.74, 6) is 1.28. The summed E-state index contributed by atoms with van der Waals surface area (Å²) < 4.78 is 37.6. The zero-order valence-corrected chi connectivity index (χ0v) is 14.5. The van der Waals surface area contributed by atoms with Crippen molar-refractivity contribution in [3.8, 4) is 17.2 Å². The van der Waals surface area contributed by atoms with Crippen LogP contribution in [0.1, 0.15) is 6.42 Å². The third kappa shape index (κ3) is 6.23. The molecular weight excluding hydrogens is 324 g/mol. The van der Waals surface area contributed by atoms with Gasteiger partial charge in [0.2, 0.25) is 5.75 Å². The predicted molar refractivity (Wildman–Crippen MR) is 87.4 cm³/mol. The van der Waals surface area contributed by atoms with Crippen LogP contribution in [0.3, 0.4) is 0 Å². The Morgan fingerprint density at radius 1 is 1.09 bits per heavy atom. The van der Waals surface area contributed by atoms with Gasteiger partial charge in [-0.15, -0.1) is 0 Å². The number of carbonyl (C=O) groups is 1. The zero-order chi connectivity index (χ0) is 17.5. The van der Waals surface area contributed by atoms with Gasteiger partial charge in [0.15, 0.2) is 11.5 Å². The molecule has 1 aromatic rings. The summed E-state index contributed by atoms with van der Waals surface area (Å²) >= 11 is 0. The van der Waals surface area contributed by atoms with Gasteiger partial charge in [-0.25, -0.2) is 13.2 Å². The van der Waals surface area contributed by atoms with Crippen molar-refractivity contribution in [2.75, 3.05) is 45.2 Å². The number of urea groups is 1. The second-order valence-corrected chi connectivity index (χ2v) is 7.04. The maximum atomic E-state index is 11.8. The van der Waals surface area contributed by atoms with E-state index in [2.05, 4.69) is 10.6 Å². The minimum absolute atomic E-state index is 0.0253. The Kier molecular flexibility index (Phi) is 6.95. The number of rotatable bonds is 8. The molecule has 0 saturated heterocycles. The lowest BCUT2D eigenvalue weighted by molar-refractivity contribution is 0.252. The van der Waals surface area contributed by atoms with Crippen LogP contribution in [0.5, 0.6) is 17.2 Å². The first-order valence-electron chi connectivity index (χ1n) is 6.83. The summed E-state index contributed by atoms with van der Waals surface area (Å²) in [6.07, 6.45) is 1.50. The third-order valence-electron chi connectivity index (χ3n) is 2.90. The van der Waals surface area contributed by atoms with Crippen molar-refractivity contribution in [1.82, 2.24) is 5.32 Å². The molecular formula is C14H22N2O6S. The smallest absolute Gasteiger partial charge is 0.319 e. The fraction of sp³-hybridized carbons (Fsp3) is 0.500. The first-order valence-corrected chi connectivity index (χ1v) is 8.89. The van der Waals surface area contributed by atoms with E-state index in [1.807, 2.05) is 0 Å². The molecule has 0 atom stereocenters. The van der Waals surface area contributed by atoms with E-state index in [0.717, 1.165) is 6.26 Å². The summed E-state index contributed by atoms with van der Waals surface area (Å²) in [4.78, 5) is 11.8. The van der Waals surface area contributed by atoms with Crippen LogP contribution in [0.25, 0.3) is 0 Å². The van der Waals surface area contributed by atoms with Crippen LogP contribution in [0.15, 0.2) is 12.1 Å². The second kappa shape index (κ2) is 8.47. The summed E-state index contributed by atoms with van der Waals surface area (Å²) in [6, 6.07) is 2.74. The zero-order valence-electron chi connectivity index (χ0n) is 13.6. The molecule has 2 amide bonds. The van der Waals surface area contributed by atoms with Crippen LogP contribution in [0, 0.1) is 0 Å².